The lowest BCUT2D eigenvalue weighted by molar-refractivity contribution is -0.128. The van der Waals surface area contributed by atoms with Gasteiger partial charge in [-0.3, -0.25) is 4.79 Å². The highest BCUT2D eigenvalue weighted by Gasteiger charge is 2.27. The van der Waals surface area contributed by atoms with Gasteiger partial charge in [-0.25, -0.2) is 4.98 Å². The van der Waals surface area contributed by atoms with Crippen LogP contribution in [-0.2, 0) is 11.3 Å². The fourth-order valence-corrected chi connectivity index (χ4v) is 2.38. The monoisotopic (exact) mass is 211 g/mol. The summed E-state index contributed by atoms with van der Waals surface area (Å²) in [6.07, 6.45) is 0.477. The van der Waals surface area contributed by atoms with Crippen LogP contribution in [0.5, 0.6) is 0 Å². The third-order valence-electron chi connectivity index (χ3n) is 2.24. The predicted molar refractivity (Wildman–Crippen MR) is 54.9 cm³/mol. The van der Waals surface area contributed by atoms with Crippen molar-refractivity contribution in [2.24, 2.45) is 5.73 Å². The molecule has 0 aromatic carbocycles. The van der Waals surface area contributed by atoms with E-state index in [1.807, 2.05) is 12.3 Å². The molecule has 76 valence electrons. The first-order valence-electron chi connectivity index (χ1n) is 4.59. The summed E-state index contributed by atoms with van der Waals surface area (Å²) in [5.74, 6) is 0.144. The predicted octanol–water partition coefficient (Wildman–Crippen LogP) is 0.511. The van der Waals surface area contributed by atoms with Crippen LogP contribution in [0, 0.1) is 6.92 Å². The SMILES string of the molecule is Cc1csc(CN2CC(N)CC2=O)n1. The quantitative estimate of drug-likeness (QED) is 0.775. The number of rotatable bonds is 2. The highest BCUT2D eigenvalue weighted by molar-refractivity contribution is 7.09. The molecule has 1 aromatic rings. The van der Waals surface area contributed by atoms with E-state index in [1.165, 1.54) is 0 Å². The first-order chi connectivity index (χ1) is 6.65. The van der Waals surface area contributed by atoms with E-state index in [2.05, 4.69) is 4.98 Å². The van der Waals surface area contributed by atoms with Gasteiger partial charge in [0.05, 0.1) is 6.54 Å². The summed E-state index contributed by atoms with van der Waals surface area (Å²) in [4.78, 5) is 17.5. The molecule has 1 atom stereocenters. The van der Waals surface area contributed by atoms with Crippen LogP contribution in [0.4, 0.5) is 0 Å². The van der Waals surface area contributed by atoms with Gasteiger partial charge < -0.3 is 10.6 Å². The third-order valence-corrected chi connectivity index (χ3v) is 3.19. The van der Waals surface area contributed by atoms with E-state index < -0.39 is 0 Å². The van der Waals surface area contributed by atoms with Crippen molar-refractivity contribution in [2.45, 2.75) is 25.9 Å². The molecule has 1 aromatic heterocycles. The summed E-state index contributed by atoms with van der Waals surface area (Å²) in [7, 11) is 0. The van der Waals surface area contributed by atoms with Crippen LogP contribution >= 0.6 is 11.3 Å². The van der Waals surface area contributed by atoms with Gasteiger partial charge in [0.15, 0.2) is 0 Å². The summed E-state index contributed by atoms with van der Waals surface area (Å²) < 4.78 is 0. The Morgan fingerprint density at radius 2 is 2.57 bits per heavy atom. The summed E-state index contributed by atoms with van der Waals surface area (Å²) in [6, 6.07) is 0.00330. The smallest absolute Gasteiger partial charge is 0.224 e. The largest absolute Gasteiger partial charge is 0.334 e. The second kappa shape index (κ2) is 3.67. The lowest BCUT2D eigenvalue weighted by Crippen LogP contribution is -2.27. The molecule has 0 aliphatic carbocycles. The molecule has 5 heteroatoms. The molecule has 2 heterocycles. The third kappa shape index (κ3) is 1.93. The van der Waals surface area contributed by atoms with Crippen LogP contribution in [0.1, 0.15) is 17.1 Å². The molecule has 0 bridgehead atoms. The van der Waals surface area contributed by atoms with E-state index in [0.29, 0.717) is 19.5 Å². The van der Waals surface area contributed by atoms with Gasteiger partial charge in [0.1, 0.15) is 5.01 Å². The van der Waals surface area contributed by atoms with Gasteiger partial charge in [0.25, 0.3) is 0 Å². The first kappa shape index (κ1) is 9.61. The average molecular weight is 211 g/mol. The Morgan fingerprint density at radius 1 is 1.79 bits per heavy atom. The maximum atomic E-state index is 11.4. The normalized spacial score (nSPS) is 22.0. The fourth-order valence-electron chi connectivity index (χ4n) is 1.59. The summed E-state index contributed by atoms with van der Waals surface area (Å²) >= 11 is 1.59. The molecule has 1 amide bonds. The zero-order valence-corrected chi connectivity index (χ0v) is 8.88. The van der Waals surface area contributed by atoms with Crippen molar-refractivity contribution in [1.82, 2.24) is 9.88 Å². The van der Waals surface area contributed by atoms with Crippen molar-refractivity contribution in [3.05, 3.63) is 16.1 Å². The Bertz CT molecular complexity index is 350. The number of hydrogen-bond donors (Lipinski definition) is 1. The second-order valence-electron chi connectivity index (χ2n) is 3.62. The summed E-state index contributed by atoms with van der Waals surface area (Å²) in [5.41, 5.74) is 6.71. The fraction of sp³-hybridized carbons (Fsp3) is 0.556. The van der Waals surface area contributed by atoms with E-state index in [9.17, 15) is 4.79 Å². The Morgan fingerprint density at radius 3 is 3.07 bits per heavy atom. The van der Waals surface area contributed by atoms with Gasteiger partial charge in [-0.2, -0.15) is 0 Å². The molecule has 0 radical (unpaired) electrons. The lowest BCUT2D eigenvalue weighted by Gasteiger charge is -2.13. The average Bonchev–Trinajstić information content (AvgIpc) is 2.61. The van der Waals surface area contributed by atoms with Crippen molar-refractivity contribution in [2.75, 3.05) is 6.54 Å². The minimum Gasteiger partial charge on any atom is -0.334 e. The molecule has 2 rings (SSSR count). The molecule has 2 N–H and O–H groups in total. The van der Waals surface area contributed by atoms with Gasteiger partial charge in [0, 0.05) is 30.1 Å². The van der Waals surface area contributed by atoms with Crippen molar-refractivity contribution < 1.29 is 4.79 Å². The van der Waals surface area contributed by atoms with Crippen molar-refractivity contribution >= 4 is 17.2 Å². The zero-order valence-electron chi connectivity index (χ0n) is 8.06. The highest BCUT2D eigenvalue weighted by atomic mass is 32.1. The molecule has 14 heavy (non-hydrogen) atoms. The first-order valence-corrected chi connectivity index (χ1v) is 5.47. The molecule has 1 aliphatic rings. The molecule has 0 spiro atoms. The minimum absolute atomic E-state index is 0.00330. The van der Waals surface area contributed by atoms with Gasteiger partial charge in [0.2, 0.25) is 5.91 Å². The minimum atomic E-state index is 0.00330. The molecule has 0 saturated carbocycles. The Kier molecular flexibility index (Phi) is 2.52. The summed E-state index contributed by atoms with van der Waals surface area (Å²) in [6.45, 7) is 3.24. The number of hydrogen-bond acceptors (Lipinski definition) is 4. The molecule has 1 unspecified atom stereocenters. The molecule has 1 aliphatic heterocycles. The maximum absolute atomic E-state index is 11.4. The standard InChI is InChI=1S/C9H13N3OS/c1-6-5-14-8(11-6)4-12-3-7(10)2-9(12)13/h5,7H,2-4,10H2,1H3. The van der Waals surface area contributed by atoms with Gasteiger partial charge in [-0.1, -0.05) is 0 Å². The number of amides is 1. The van der Waals surface area contributed by atoms with Crippen LogP contribution in [-0.4, -0.2) is 28.4 Å². The molecule has 4 nitrogen and oxygen atoms in total. The second-order valence-corrected chi connectivity index (χ2v) is 4.56. The van der Waals surface area contributed by atoms with Crippen LogP contribution in [0.25, 0.3) is 0 Å². The molecular formula is C9H13N3OS. The topological polar surface area (TPSA) is 59.2 Å². The van der Waals surface area contributed by atoms with E-state index in [4.69, 9.17) is 5.73 Å². The number of aromatic nitrogens is 1. The number of carbonyl (C=O) groups is 1. The molecule has 1 saturated heterocycles. The van der Waals surface area contributed by atoms with Gasteiger partial charge in [-0.15, -0.1) is 11.3 Å². The van der Waals surface area contributed by atoms with Crippen LogP contribution < -0.4 is 5.73 Å². The number of carbonyl (C=O) groups excluding carboxylic acids is 1. The summed E-state index contributed by atoms with van der Waals surface area (Å²) in [5, 5.41) is 2.99. The van der Waals surface area contributed by atoms with Crippen LogP contribution in [0.3, 0.4) is 0 Å². The Balaban J connectivity index is 2.01. The number of nitrogens with zero attached hydrogens (tertiary/aromatic N) is 2. The van der Waals surface area contributed by atoms with E-state index in [0.717, 1.165) is 10.7 Å². The van der Waals surface area contributed by atoms with Gasteiger partial charge >= 0.3 is 0 Å². The zero-order chi connectivity index (χ0) is 10.1. The van der Waals surface area contributed by atoms with E-state index in [-0.39, 0.29) is 11.9 Å². The number of nitrogens with two attached hydrogens (primary N) is 1. The van der Waals surface area contributed by atoms with Crippen molar-refractivity contribution in [1.29, 1.82) is 0 Å². The van der Waals surface area contributed by atoms with E-state index >= 15 is 0 Å². The lowest BCUT2D eigenvalue weighted by atomic mass is 10.3. The van der Waals surface area contributed by atoms with Crippen molar-refractivity contribution in [3.8, 4) is 0 Å². The Hall–Kier alpha value is -0.940. The van der Waals surface area contributed by atoms with Crippen molar-refractivity contribution in [3.63, 3.8) is 0 Å². The molecule has 1 fully saturated rings. The number of likely N-dealkylation sites (tertiary alicyclic amines) is 1. The van der Waals surface area contributed by atoms with Crippen LogP contribution in [0.15, 0.2) is 5.38 Å². The van der Waals surface area contributed by atoms with E-state index in [1.54, 1.807) is 16.2 Å². The highest BCUT2D eigenvalue weighted by Crippen LogP contribution is 2.16. The van der Waals surface area contributed by atoms with Gasteiger partial charge in [-0.05, 0) is 6.92 Å². The maximum Gasteiger partial charge on any atom is 0.224 e. The number of thiazole rings is 1. The number of aryl methyl sites for hydroxylation is 1. The molecular weight excluding hydrogens is 198 g/mol. The van der Waals surface area contributed by atoms with Crippen LogP contribution in [0.2, 0.25) is 0 Å². The Labute approximate surface area is 86.7 Å².